The highest BCUT2D eigenvalue weighted by Crippen LogP contribution is 2.41. The summed E-state index contributed by atoms with van der Waals surface area (Å²) in [6, 6.07) is 6.66. The molecule has 2 N–H and O–H groups in total. The fraction of sp³-hybridized carbons (Fsp3) is 0.562. The first-order valence-electron chi connectivity index (χ1n) is 7.01. The van der Waals surface area contributed by atoms with Crippen molar-refractivity contribution >= 4 is 11.6 Å². The molecule has 1 atom stereocenters. The number of nitrogens with two attached hydrogens (primary N) is 1. The van der Waals surface area contributed by atoms with E-state index in [2.05, 4.69) is 18.2 Å². The molecule has 2 rings (SSSR count). The summed E-state index contributed by atoms with van der Waals surface area (Å²) in [5.74, 6) is 0.176. The highest BCUT2D eigenvalue weighted by molar-refractivity contribution is 6.07. The second-order valence-electron chi connectivity index (χ2n) is 6.21. The molecule has 0 fully saturated rings. The number of carbonyl (C=O) groups is 1. The van der Waals surface area contributed by atoms with Gasteiger partial charge in [0.1, 0.15) is 0 Å². The van der Waals surface area contributed by atoms with Gasteiger partial charge >= 0.3 is 0 Å². The number of anilines is 1. The summed E-state index contributed by atoms with van der Waals surface area (Å²) in [5.41, 5.74) is 8.87. The van der Waals surface area contributed by atoms with Crippen molar-refractivity contribution in [2.75, 3.05) is 11.9 Å². The topological polar surface area (TPSA) is 46.3 Å². The van der Waals surface area contributed by atoms with Gasteiger partial charge in [-0.2, -0.15) is 0 Å². The van der Waals surface area contributed by atoms with Crippen LogP contribution < -0.4 is 10.6 Å². The Labute approximate surface area is 115 Å². The van der Waals surface area contributed by atoms with Crippen molar-refractivity contribution in [2.45, 2.75) is 51.5 Å². The van der Waals surface area contributed by atoms with Gasteiger partial charge in [0, 0.05) is 18.8 Å². The Hall–Kier alpha value is -1.35. The number of aryl methyl sites for hydroxylation is 1. The monoisotopic (exact) mass is 260 g/mol. The van der Waals surface area contributed by atoms with Crippen LogP contribution in [0.15, 0.2) is 18.2 Å². The lowest BCUT2D eigenvalue weighted by Crippen LogP contribution is -2.33. The van der Waals surface area contributed by atoms with E-state index in [1.165, 1.54) is 5.56 Å². The summed E-state index contributed by atoms with van der Waals surface area (Å²) in [6.07, 6.45) is 3.17. The first kappa shape index (κ1) is 14.1. The first-order valence-corrected chi connectivity index (χ1v) is 7.01. The first-order chi connectivity index (χ1) is 8.84. The molecule has 0 radical (unpaired) electrons. The largest absolute Gasteiger partial charge is 0.328 e. The Morgan fingerprint density at radius 3 is 2.68 bits per heavy atom. The minimum absolute atomic E-state index is 0.176. The smallest absolute Gasteiger partial charge is 0.236 e. The van der Waals surface area contributed by atoms with Crippen molar-refractivity contribution in [1.29, 1.82) is 0 Å². The zero-order chi connectivity index (χ0) is 14.2. The van der Waals surface area contributed by atoms with E-state index >= 15 is 0 Å². The summed E-state index contributed by atoms with van der Waals surface area (Å²) >= 11 is 0. The highest BCUT2D eigenvalue weighted by Gasteiger charge is 2.42. The molecule has 0 aromatic heterocycles. The Balaban J connectivity index is 2.21. The second kappa shape index (κ2) is 4.97. The number of hydrogen-bond donors (Lipinski definition) is 1. The lowest BCUT2D eigenvalue weighted by Gasteiger charge is -2.16. The third-order valence-electron chi connectivity index (χ3n) is 4.06. The lowest BCUT2D eigenvalue weighted by molar-refractivity contribution is -0.121. The van der Waals surface area contributed by atoms with Gasteiger partial charge in [0.2, 0.25) is 5.91 Å². The number of benzene rings is 1. The zero-order valence-electron chi connectivity index (χ0n) is 12.4. The summed E-state index contributed by atoms with van der Waals surface area (Å²) in [4.78, 5) is 14.0. The molecule has 0 saturated heterocycles. The minimum Gasteiger partial charge on any atom is -0.328 e. The van der Waals surface area contributed by atoms with Gasteiger partial charge in [0.15, 0.2) is 0 Å². The molecule has 3 nitrogen and oxygen atoms in total. The van der Waals surface area contributed by atoms with Gasteiger partial charge in [-0.15, -0.1) is 0 Å². The zero-order valence-corrected chi connectivity index (χ0v) is 12.4. The van der Waals surface area contributed by atoms with Gasteiger partial charge in [-0.1, -0.05) is 12.1 Å². The number of fused-ring (bicyclic) bond motifs is 1. The maximum Gasteiger partial charge on any atom is 0.236 e. The van der Waals surface area contributed by atoms with Gasteiger partial charge < -0.3 is 10.6 Å². The lowest BCUT2D eigenvalue weighted by atomic mass is 9.85. The van der Waals surface area contributed by atoms with Gasteiger partial charge in [-0.05, 0) is 57.2 Å². The Morgan fingerprint density at radius 2 is 2.05 bits per heavy atom. The Morgan fingerprint density at radius 1 is 1.37 bits per heavy atom. The highest BCUT2D eigenvalue weighted by atomic mass is 16.2. The molecule has 1 unspecified atom stereocenters. The van der Waals surface area contributed by atoms with Crippen molar-refractivity contribution in [3.8, 4) is 0 Å². The van der Waals surface area contributed by atoms with Crippen LogP contribution in [0.5, 0.6) is 0 Å². The number of amides is 1. The molecule has 0 spiro atoms. The van der Waals surface area contributed by atoms with E-state index in [1.807, 2.05) is 27.8 Å². The minimum atomic E-state index is -0.402. The van der Waals surface area contributed by atoms with Crippen LogP contribution in [0, 0.1) is 0 Å². The average molecular weight is 260 g/mol. The molecule has 1 amide bonds. The fourth-order valence-electron chi connectivity index (χ4n) is 2.80. The number of carbonyl (C=O) groups excluding carboxylic acids is 1. The predicted molar refractivity (Wildman–Crippen MR) is 79.5 cm³/mol. The molecule has 19 heavy (non-hydrogen) atoms. The Kier molecular flexibility index (Phi) is 3.68. The fourth-order valence-corrected chi connectivity index (χ4v) is 2.80. The second-order valence-corrected chi connectivity index (χ2v) is 6.21. The summed E-state index contributed by atoms with van der Waals surface area (Å²) in [5, 5.41) is 0. The third kappa shape index (κ3) is 2.52. The van der Waals surface area contributed by atoms with E-state index in [4.69, 9.17) is 5.73 Å². The standard InChI is InChI=1S/C16H24N2O/c1-11(17)6-5-7-12-8-9-14-13(10-12)16(2,3)15(19)18(14)4/h8-11H,5-7,17H2,1-4H3. The molecule has 3 heteroatoms. The number of nitrogens with zero attached hydrogens (tertiary/aromatic N) is 1. The van der Waals surface area contributed by atoms with E-state index in [-0.39, 0.29) is 11.9 Å². The van der Waals surface area contributed by atoms with Crippen molar-refractivity contribution < 1.29 is 4.79 Å². The Bertz CT molecular complexity index is 492. The SMILES string of the molecule is CC(N)CCCc1ccc2c(c1)C(C)(C)C(=O)N2C. The van der Waals surface area contributed by atoms with Crippen LogP contribution in [-0.2, 0) is 16.6 Å². The molecule has 0 bridgehead atoms. The summed E-state index contributed by atoms with van der Waals surface area (Å²) in [7, 11) is 1.85. The molecular formula is C16H24N2O. The van der Waals surface area contributed by atoms with E-state index in [0.717, 1.165) is 30.5 Å². The van der Waals surface area contributed by atoms with Gasteiger partial charge in [0.25, 0.3) is 0 Å². The number of hydrogen-bond acceptors (Lipinski definition) is 2. The number of rotatable bonds is 4. The van der Waals surface area contributed by atoms with Gasteiger partial charge in [-0.25, -0.2) is 0 Å². The van der Waals surface area contributed by atoms with E-state index < -0.39 is 5.41 Å². The third-order valence-corrected chi connectivity index (χ3v) is 4.06. The van der Waals surface area contributed by atoms with Crippen LogP contribution in [0.2, 0.25) is 0 Å². The predicted octanol–water partition coefficient (Wildman–Crippen LogP) is 2.61. The van der Waals surface area contributed by atoms with Crippen molar-refractivity contribution in [3.63, 3.8) is 0 Å². The average Bonchev–Trinajstić information content (AvgIpc) is 2.51. The van der Waals surface area contributed by atoms with E-state index in [9.17, 15) is 4.79 Å². The number of likely N-dealkylation sites (N-methyl/N-ethyl adjacent to an activating group) is 1. The molecular weight excluding hydrogens is 236 g/mol. The molecule has 1 aliphatic rings. The molecule has 1 heterocycles. The van der Waals surface area contributed by atoms with E-state index in [0.29, 0.717) is 0 Å². The van der Waals surface area contributed by atoms with Crippen LogP contribution in [0.1, 0.15) is 44.7 Å². The molecule has 104 valence electrons. The van der Waals surface area contributed by atoms with Crippen LogP contribution in [0.25, 0.3) is 0 Å². The van der Waals surface area contributed by atoms with E-state index in [1.54, 1.807) is 4.90 Å². The molecule has 1 aromatic rings. The van der Waals surface area contributed by atoms with Gasteiger partial charge in [-0.3, -0.25) is 4.79 Å². The van der Waals surface area contributed by atoms with Crippen LogP contribution in [-0.4, -0.2) is 19.0 Å². The molecule has 0 saturated carbocycles. The van der Waals surface area contributed by atoms with Crippen molar-refractivity contribution in [2.24, 2.45) is 5.73 Å². The maximum atomic E-state index is 12.2. The molecule has 1 aliphatic heterocycles. The van der Waals surface area contributed by atoms with Crippen molar-refractivity contribution in [1.82, 2.24) is 0 Å². The van der Waals surface area contributed by atoms with Crippen molar-refractivity contribution in [3.05, 3.63) is 29.3 Å². The van der Waals surface area contributed by atoms with Crippen LogP contribution in [0.4, 0.5) is 5.69 Å². The molecule has 0 aliphatic carbocycles. The normalized spacial score (nSPS) is 18.6. The van der Waals surface area contributed by atoms with Gasteiger partial charge in [0.05, 0.1) is 5.41 Å². The summed E-state index contributed by atoms with van der Waals surface area (Å²) in [6.45, 7) is 6.05. The quantitative estimate of drug-likeness (QED) is 0.904. The van der Waals surface area contributed by atoms with Crippen LogP contribution in [0.3, 0.4) is 0 Å². The van der Waals surface area contributed by atoms with Crippen LogP contribution >= 0.6 is 0 Å². The summed E-state index contributed by atoms with van der Waals surface area (Å²) < 4.78 is 0. The maximum absolute atomic E-state index is 12.2. The molecule has 1 aromatic carbocycles.